The second-order valence-electron chi connectivity index (χ2n) is 7.78. The van der Waals surface area contributed by atoms with Gasteiger partial charge in [0.25, 0.3) is 0 Å². The van der Waals surface area contributed by atoms with Gasteiger partial charge in [0.05, 0.1) is 7.11 Å². The fraction of sp³-hybridized carbons (Fsp3) is 0.478. The zero-order valence-corrected chi connectivity index (χ0v) is 16.9. The highest BCUT2D eigenvalue weighted by molar-refractivity contribution is 5.54. The van der Waals surface area contributed by atoms with Crippen LogP contribution in [-0.4, -0.2) is 38.2 Å². The molecule has 0 saturated carbocycles. The molecule has 2 aromatic carbocycles. The van der Waals surface area contributed by atoms with Gasteiger partial charge in [-0.3, -0.25) is 4.90 Å². The number of benzene rings is 2. The highest BCUT2D eigenvalue weighted by Gasteiger charge is 2.20. The largest absolute Gasteiger partial charge is 0.496 e. The molecule has 3 heteroatoms. The minimum absolute atomic E-state index is 0.543. The molecule has 1 aliphatic heterocycles. The Morgan fingerprint density at radius 1 is 0.962 bits per heavy atom. The van der Waals surface area contributed by atoms with Crippen molar-refractivity contribution in [3.63, 3.8) is 0 Å². The summed E-state index contributed by atoms with van der Waals surface area (Å²) in [6.07, 6.45) is 0. The van der Waals surface area contributed by atoms with Crippen molar-refractivity contribution in [2.24, 2.45) is 0 Å². The standard InChI is InChI=1S/C23H32N2O/c1-17(2)20-7-9-23(26-5)21(15-20)16-24-10-12-25(13-11-24)22-8-6-18(3)14-19(22)4/h6-9,14-15,17H,10-13,16H2,1-5H3. The summed E-state index contributed by atoms with van der Waals surface area (Å²) in [6.45, 7) is 14.2. The van der Waals surface area contributed by atoms with E-state index in [9.17, 15) is 0 Å². The number of hydrogen-bond donors (Lipinski definition) is 0. The molecule has 0 amide bonds. The number of piperazine rings is 1. The van der Waals surface area contributed by atoms with Crippen LogP contribution in [0.5, 0.6) is 5.75 Å². The summed E-state index contributed by atoms with van der Waals surface area (Å²) in [4.78, 5) is 5.06. The van der Waals surface area contributed by atoms with Gasteiger partial charge in [0.1, 0.15) is 5.75 Å². The Hall–Kier alpha value is -2.00. The van der Waals surface area contributed by atoms with Crippen LogP contribution in [0.3, 0.4) is 0 Å². The molecular weight excluding hydrogens is 320 g/mol. The zero-order valence-electron chi connectivity index (χ0n) is 16.9. The smallest absolute Gasteiger partial charge is 0.123 e. The summed E-state index contributed by atoms with van der Waals surface area (Å²) >= 11 is 0. The van der Waals surface area contributed by atoms with E-state index >= 15 is 0 Å². The second-order valence-corrected chi connectivity index (χ2v) is 7.78. The van der Waals surface area contributed by atoms with Gasteiger partial charge in [-0.15, -0.1) is 0 Å². The number of nitrogens with zero attached hydrogens (tertiary/aromatic N) is 2. The number of methoxy groups -OCH3 is 1. The van der Waals surface area contributed by atoms with Gasteiger partial charge in [-0.05, 0) is 43.0 Å². The molecule has 3 rings (SSSR count). The fourth-order valence-corrected chi connectivity index (χ4v) is 3.83. The molecule has 1 saturated heterocycles. The van der Waals surface area contributed by atoms with Crippen LogP contribution >= 0.6 is 0 Å². The number of hydrogen-bond acceptors (Lipinski definition) is 3. The predicted octanol–water partition coefficient (Wildman–Crippen LogP) is 4.76. The Morgan fingerprint density at radius 2 is 1.69 bits per heavy atom. The van der Waals surface area contributed by atoms with E-state index in [1.54, 1.807) is 7.11 Å². The Balaban J connectivity index is 1.66. The van der Waals surface area contributed by atoms with Crippen LogP contribution in [0.4, 0.5) is 5.69 Å². The molecule has 0 N–H and O–H groups in total. The van der Waals surface area contributed by atoms with Crippen molar-refractivity contribution in [3.05, 3.63) is 58.7 Å². The van der Waals surface area contributed by atoms with Crippen molar-refractivity contribution >= 4 is 5.69 Å². The lowest BCUT2D eigenvalue weighted by atomic mass is 10.00. The third-order valence-electron chi connectivity index (χ3n) is 5.43. The second kappa shape index (κ2) is 8.13. The molecule has 0 aromatic heterocycles. The molecule has 0 atom stereocenters. The maximum absolute atomic E-state index is 5.60. The molecule has 0 spiro atoms. The van der Waals surface area contributed by atoms with Crippen molar-refractivity contribution in [1.82, 2.24) is 4.90 Å². The maximum Gasteiger partial charge on any atom is 0.123 e. The van der Waals surface area contributed by atoms with Crippen molar-refractivity contribution in [2.45, 2.75) is 40.2 Å². The lowest BCUT2D eigenvalue weighted by Crippen LogP contribution is -2.46. The molecule has 1 aliphatic rings. The van der Waals surface area contributed by atoms with E-state index in [1.165, 1.54) is 27.9 Å². The lowest BCUT2D eigenvalue weighted by Gasteiger charge is -2.37. The van der Waals surface area contributed by atoms with Crippen LogP contribution in [0.1, 0.15) is 42.0 Å². The first-order valence-electron chi connectivity index (χ1n) is 9.69. The quantitative estimate of drug-likeness (QED) is 0.772. The molecule has 3 nitrogen and oxygen atoms in total. The Morgan fingerprint density at radius 3 is 2.31 bits per heavy atom. The summed E-state index contributed by atoms with van der Waals surface area (Å²) in [6, 6.07) is 13.4. The molecule has 0 unspecified atom stereocenters. The van der Waals surface area contributed by atoms with E-state index in [-0.39, 0.29) is 0 Å². The first kappa shape index (κ1) is 18.8. The minimum Gasteiger partial charge on any atom is -0.496 e. The molecule has 0 aliphatic carbocycles. The molecule has 0 bridgehead atoms. The van der Waals surface area contributed by atoms with Crippen LogP contribution in [0, 0.1) is 13.8 Å². The fourth-order valence-electron chi connectivity index (χ4n) is 3.83. The average molecular weight is 353 g/mol. The monoisotopic (exact) mass is 352 g/mol. The van der Waals surface area contributed by atoms with E-state index in [2.05, 4.69) is 73.9 Å². The normalized spacial score (nSPS) is 15.5. The van der Waals surface area contributed by atoms with E-state index < -0.39 is 0 Å². The Kier molecular flexibility index (Phi) is 5.87. The van der Waals surface area contributed by atoms with Gasteiger partial charge in [-0.2, -0.15) is 0 Å². The van der Waals surface area contributed by atoms with Gasteiger partial charge in [0, 0.05) is 44.0 Å². The lowest BCUT2D eigenvalue weighted by molar-refractivity contribution is 0.246. The molecule has 0 radical (unpaired) electrons. The van der Waals surface area contributed by atoms with Crippen molar-refractivity contribution in [2.75, 3.05) is 38.2 Å². The highest BCUT2D eigenvalue weighted by Crippen LogP contribution is 2.27. The minimum atomic E-state index is 0.543. The van der Waals surface area contributed by atoms with Gasteiger partial charge in [-0.1, -0.05) is 43.7 Å². The van der Waals surface area contributed by atoms with E-state index in [4.69, 9.17) is 4.74 Å². The molecular formula is C23H32N2O. The van der Waals surface area contributed by atoms with Gasteiger partial charge >= 0.3 is 0 Å². The van der Waals surface area contributed by atoms with E-state index in [0.29, 0.717) is 5.92 Å². The van der Waals surface area contributed by atoms with Crippen LogP contribution in [0.25, 0.3) is 0 Å². The Labute approximate surface area is 158 Å². The molecule has 26 heavy (non-hydrogen) atoms. The zero-order chi connectivity index (χ0) is 18.7. The van der Waals surface area contributed by atoms with Gasteiger partial charge in [0.2, 0.25) is 0 Å². The van der Waals surface area contributed by atoms with E-state index in [1.807, 2.05) is 0 Å². The van der Waals surface area contributed by atoms with Crippen molar-refractivity contribution in [3.8, 4) is 5.75 Å². The molecule has 140 valence electrons. The summed E-state index contributed by atoms with van der Waals surface area (Å²) in [5.74, 6) is 1.55. The first-order valence-corrected chi connectivity index (χ1v) is 9.69. The molecule has 1 fully saturated rings. The third kappa shape index (κ3) is 4.21. The summed E-state index contributed by atoms with van der Waals surface area (Å²) in [5, 5.41) is 0. The number of rotatable bonds is 5. The SMILES string of the molecule is COc1ccc(C(C)C)cc1CN1CCN(c2ccc(C)cc2C)CC1. The third-order valence-corrected chi connectivity index (χ3v) is 5.43. The summed E-state index contributed by atoms with van der Waals surface area (Å²) < 4.78 is 5.60. The number of anilines is 1. The number of ether oxygens (including phenoxy) is 1. The maximum atomic E-state index is 5.60. The predicted molar refractivity (Wildman–Crippen MR) is 110 cm³/mol. The van der Waals surface area contributed by atoms with Crippen LogP contribution in [0.2, 0.25) is 0 Å². The molecule has 2 aromatic rings. The highest BCUT2D eigenvalue weighted by atomic mass is 16.5. The van der Waals surface area contributed by atoms with Crippen LogP contribution in [0.15, 0.2) is 36.4 Å². The van der Waals surface area contributed by atoms with Crippen molar-refractivity contribution < 1.29 is 4.74 Å². The molecule has 1 heterocycles. The Bertz CT molecular complexity index is 746. The van der Waals surface area contributed by atoms with Crippen LogP contribution in [-0.2, 0) is 6.54 Å². The van der Waals surface area contributed by atoms with Gasteiger partial charge in [-0.25, -0.2) is 0 Å². The topological polar surface area (TPSA) is 15.7 Å². The first-order chi connectivity index (χ1) is 12.5. The summed E-state index contributed by atoms with van der Waals surface area (Å²) in [7, 11) is 1.77. The van der Waals surface area contributed by atoms with E-state index in [0.717, 1.165) is 38.5 Å². The van der Waals surface area contributed by atoms with Gasteiger partial charge < -0.3 is 9.64 Å². The van der Waals surface area contributed by atoms with Crippen molar-refractivity contribution in [1.29, 1.82) is 0 Å². The average Bonchev–Trinajstić information content (AvgIpc) is 2.62. The van der Waals surface area contributed by atoms with Gasteiger partial charge in [0.15, 0.2) is 0 Å². The number of aryl methyl sites for hydroxylation is 2. The summed E-state index contributed by atoms with van der Waals surface area (Å²) in [5.41, 5.74) is 6.79. The van der Waals surface area contributed by atoms with Crippen LogP contribution < -0.4 is 9.64 Å².